The number of hydrogen-bond donors (Lipinski definition) is 2. The molecule has 0 saturated carbocycles. The molecular formula is C17H21ClN2O. The Balaban J connectivity index is 2.01. The first-order chi connectivity index (χ1) is 10.1. The number of nitrogens with two attached hydrogens (primary N) is 1. The van der Waals surface area contributed by atoms with E-state index in [-0.39, 0.29) is 12.1 Å². The molecule has 112 valence electrons. The molecule has 2 aromatic carbocycles. The molecule has 0 saturated heterocycles. The van der Waals surface area contributed by atoms with Crippen LogP contribution in [0.2, 0.25) is 5.02 Å². The third kappa shape index (κ3) is 4.74. The summed E-state index contributed by atoms with van der Waals surface area (Å²) in [5, 5.41) is 0.662. The molecule has 0 aliphatic carbocycles. The van der Waals surface area contributed by atoms with Gasteiger partial charge in [0.05, 0.1) is 6.04 Å². The maximum atomic E-state index is 5.97. The number of hydrazine groups is 1. The fourth-order valence-corrected chi connectivity index (χ4v) is 2.36. The van der Waals surface area contributed by atoms with Gasteiger partial charge in [-0.1, -0.05) is 47.5 Å². The van der Waals surface area contributed by atoms with Crippen molar-refractivity contribution >= 4 is 11.6 Å². The molecular weight excluding hydrogens is 284 g/mol. The summed E-state index contributed by atoms with van der Waals surface area (Å²) in [5.74, 6) is 6.43. The zero-order valence-electron chi connectivity index (χ0n) is 12.3. The van der Waals surface area contributed by atoms with Crippen molar-refractivity contribution in [1.29, 1.82) is 0 Å². The van der Waals surface area contributed by atoms with Crippen LogP contribution >= 0.6 is 11.6 Å². The first-order valence-corrected chi connectivity index (χ1v) is 7.40. The van der Waals surface area contributed by atoms with Crippen LogP contribution < -0.4 is 16.0 Å². The summed E-state index contributed by atoms with van der Waals surface area (Å²) in [5.41, 5.74) is 5.32. The Morgan fingerprint density at radius 3 is 2.52 bits per heavy atom. The summed E-state index contributed by atoms with van der Waals surface area (Å²) < 4.78 is 5.92. The molecule has 0 spiro atoms. The fraction of sp³-hybridized carbons (Fsp3) is 0.294. The zero-order chi connectivity index (χ0) is 15.2. The number of benzene rings is 2. The predicted molar refractivity (Wildman–Crippen MR) is 87.5 cm³/mol. The van der Waals surface area contributed by atoms with Crippen molar-refractivity contribution in [2.24, 2.45) is 5.84 Å². The van der Waals surface area contributed by atoms with Crippen LogP contribution in [0.3, 0.4) is 0 Å². The summed E-state index contributed by atoms with van der Waals surface area (Å²) in [6, 6.07) is 15.8. The van der Waals surface area contributed by atoms with Gasteiger partial charge in [-0.3, -0.25) is 11.3 Å². The summed E-state index contributed by atoms with van der Waals surface area (Å²) in [4.78, 5) is 0. The highest BCUT2D eigenvalue weighted by molar-refractivity contribution is 6.30. The van der Waals surface area contributed by atoms with E-state index in [1.807, 2.05) is 25.1 Å². The molecule has 2 unspecified atom stereocenters. The van der Waals surface area contributed by atoms with E-state index in [4.69, 9.17) is 22.2 Å². The molecule has 0 heterocycles. The van der Waals surface area contributed by atoms with Crippen LogP contribution in [0.25, 0.3) is 0 Å². The molecule has 0 radical (unpaired) electrons. The Morgan fingerprint density at radius 1 is 1.19 bits per heavy atom. The Hall–Kier alpha value is -1.55. The lowest BCUT2D eigenvalue weighted by Crippen LogP contribution is -2.46. The Bertz CT molecular complexity index is 571. The number of ether oxygens (including phenoxy) is 1. The van der Waals surface area contributed by atoms with Gasteiger partial charge in [-0.05, 0) is 44.0 Å². The maximum absolute atomic E-state index is 5.97. The van der Waals surface area contributed by atoms with Crippen LogP contribution in [0.1, 0.15) is 18.1 Å². The van der Waals surface area contributed by atoms with Crippen molar-refractivity contribution in [3.63, 3.8) is 0 Å². The lowest BCUT2D eigenvalue weighted by molar-refractivity contribution is 0.169. The topological polar surface area (TPSA) is 47.3 Å². The average Bonchev–Trinajstić information content (AvgIpc) is 2.46. The summed E-state index contributed by atoms with van der Waals surface area (Å²) in [7, 11) is 0. The van der Waals surface area contributed by atoms with Gasteiger partial charge in [0.2, 0.25) is 0 Å². The molecule has 0 aliphatic heterocycles. The van der Waals surface area contributed by atoms with Gasteiger partial charge in [-0.15, -0.1) is 0 Å². The number of aryl methyl sites for hydroxylation is 1. The highest BCUT2D eigenvalue weighted by Gasteiger charge is 2.18. The maximum Gasteiger partial charge on any atom is 0.121 e. The number of halogens is 1. The van der Waals surface area contributed by atoms with E-state index >= 15 is 0 Å². The molecule has 2 atom stereocenters. The van der Waals surface area contributed by atoms with Crippen LogP contribution in [0.4, 0.5) is 0 Å². The minimum Gasteiger partial charge on any atom is -0.489 e. The monoisotopic (exact) mass is 304 g/mol. The summed E-state index contributed by atoms with van der Waals surface area (Å²) in [6.07, 6.45) is 0.730. The lowest BCUT2D eigenvalue weighted by Gasteiger charge is -2.24. The molecule has 0 bridgehead atoms. The molecule has 0 fully saturated rings. The molecule has 3 N–H and O–H groups in total. The molecule has 21 heavy (non-hydrogen) atoms. The largest absolute Gasteiger partial charge is 0.489 e. The predicted octanol–water partition coefficient (Wildman–Crippen LogP) is 3.49. The first-order valence-electron chi connectivity index (χ1n) is 7.02. The minimum absolute atomic E-state index is 0.0201. The van der Waals surface area contributed by atoms with Crippen molar-refractivity contribution in [3.05, 3.63) is 64.7 Å². The molecule has 2 rings (SSSR count). The van der Waals surface area contributed by atoms with Crippen molar-refractivity contribution in [2.75, 3.05) is 0 Å². The van der Waals surface area contributed by atoms with Gasteiger partial charge in [0.25, 0.3) is 0 Å². The number of nitrogens with one attached hydrogen (secondary N) is 1. The van der Waals surface area contributed by atoms with E-state index in [0.29, 0.717) is 5.02 Å². The first kappa shape index (κ1) is 15.8. The van der Waals surface area contributed by atoms with Gasteiger partial charge in [-0.25, -0.2) is 0 Å². The third-order valence-electron chi connectivity index (χ3n) is 3.47. The molecule has 0 aliphatic rings. The second-order valence-electron chi connectivity index (χ2n) is 5.24. The fourth-order valence-electron chi connectivity index (χ4n) is 2.18. The normalized spacial score (nSPS) is 13.7. The van der Waals surface area contributed by atoms with E-state index in [0.717, 1.165) is 12.2 Å². The smallest absolute Gasteiger partial charge is 0.121 e. The zero-order valence-corrected chi connectivity index (χ0v) is 13.1. The standard InChI is InChI=1S/C17H21ClN2O/c1-12-6-8-14(9-7-12)10-17(20-19)13(2)21-16-5-3-4-15(18)11-16/h3-9,11,13,17,20H,10,19H2,1-2H3. The van der Waals surface area contributed by atoms with Gasteiger partial charge >= 0.3 is 0 Å². The minimum atomic E-state index is -0.0743. The van der Waals surface area contributed by atoms with Crippen LogP contribution in [0.5, 0.6) is 5.75 Å². The highest BCUT2D eigenvalue weighted by Crippen LogP contribution is 2.19. The second kappa shape index (κ2) is 7.46. The Kier molecular flexibility index (Phi) is 5.62. The van der Waals surface area contributed by atoms with Crippen LogP contribution in [0, 0.1) is 6.92 Å². The molecule has 4 heteroatoms. The van der Waals surface area contributed by atoms with E-state index in [2.05, 4.69) is 36.6 Å². The SMILES string of the molecule is Cc1ccc(CC(NN)C(C)Oc2cccc(Cl)c2)cc1. The average molecular weight is 305 g/mol. The van der Waals surface area contributed by atoms with Gasteiger partial charge in [-0.2, -0.15) is 0 Å². The van der Waals surface area contributed by atoms with E-state index in [1.165, 1.54) is 11.1 Å². The van der Waals surface area contributed by atoms with Gasteiger partial charge < -0.3 is 4.74 Å². The Labute approximate surface area is 131 Å². The second-order valence-corrected chi connectivity index (χ2v) is 5.68. The molecule has 0 aromatic heterocycles. The van der Waals surface area contributed by atoms with Crippen molar-refractivity contribution in [1.82, 2.24) is 5.43 Å². The van der Waals surface area contributed by atoms with Crippen molar-refractivity contribution in [2.45, 2.75) is 32.4 Å². The van der Waals surface area contributed by atoms with E-state index < -0.39 is 0 Å². The highest BCUT2D eigenvalue weighted by atomic mass is 35.5. The molecule has 3 nitrogen and oxygen atoms in total. The van der Waals surface area contributed by atoms with Gasteiger partial charge in [0.15, 0.2) is 0 Å². The van der Waals surface area contributed by atoms with Crippen LogP contribution in [-0.4, -0.2) is 12.1 Å². The van der Waals surface area contributed by atoms with Crippen molar-refractivity contribution in [3.8, 4) is 5.75 Å². The lowest BCUT2D eigenvalue weighted by atomic mass is 10.0. The quantitative estimate of drug-likeness (QED) is 0.634. The third-order valence-corrected chi connectivity index (χ3v) is 3.71. The molecule has 2 aromatic rings. The van der Waals surface area contributed by atoms with Crippen LogP contribution in [-0.2, 0) is 6.42 Å². The summed E-state index contributed by atoms with van der Waals surface area (Å²) >= 11 is 5.97. The number of rotatable bonds is 6. The van der Waals surface area contributed by atoms with Gasteiger partial charge in [0.1, 0.15) is 11.9 Å². The van der Waals surface area contributed by atoms with Crippen LogP contribution in [0.15, 0.2) is 48.5 Å². The van der Waals surface area contributed by atoms with E-state index in [9.17, 15) is 0 Å². The number of hydrogen-bond acceptors (Lipinski definition) is 3. The van der Waals surface area contributed by atoms with Crippen molar-refractivity contribution < 1.29 is 4.74 Å². The summed E-state index contributed by atoms with van der Waals surface area (Å²) in [6.45, 7) is 4.08. The molecule has 0 amide bonds. The Morgan fingerprint density at radius 2 is 1.90 bits per heavy atom. The van der Waals surface area contributed by atoms with Gasteiger partial charge in [0, 0.05) is 5.02 Å². The van der Waals surface area contributed by atoms with E-state index in [1.54, 1.807) is 6.07 Å².